The number of ketones is 2. The van der Waals surface area contributed by atoms with Gasteiger partial charge in [-0.05, 0) is 94.9 Å². The van der Waals surface area contributed by atoms with E-state index in [4.69, 9.17) is 18.9 Å². The SMILES string of the molecule is CC(C)(O)C(=O)c1ccc(OCCOCC(O)CN(CCCS)CC(O)COCCOc2ccc(C(=O)C(C)(C)O)cc2)cc1. The Labute approximate surface area is 271 Å². The molecule has 2 aromatic rings. The van der Waals surface area contributed by atoms with Crippen LogP contribution in [0.25, 0.3) is 0 Å². The zero-order valence-electron chi connectivity index (χ0n) is 26.7. The van der Waals surface area contributed by atoms with Crippen LogP contribution in [0.3, 0.4) is 0 Å². The second-order valence-corrected chi connectivity index (χ2v) is 12.3. The van der Waals surface area contributed by atoms with E-state index >= 15 is 0 Å². The van der Waals surface area contributed by atoms with Crippen molar-refractivity contribution in [1.29, 1.82) is 0 Å². The lowest BCUT2D eigenvalue weighted by molar-refractivity contribution is -0.0162. The van der Waals surface area contributed by atoms with Crippen LogP contribution in [0.1, 0.15) is 54.8 Å². The number of aliphatic hydroxyl groups is 4. The predicted molar refractivity (Wildman–Crippen MR) is 174 cm³/mol. The molecule has 12 heteroatoms. The molecule has 0 bridgehead atoms. The van der Waals surface area contributed by atoms with Crippen LogP contribution in [0.5, 0.6) is 11.5 Å². The third-order valence-electron chi connectivity index (χ3n) is 6.53. The molecular formula is C33H49NO10S. The van der Waals surface area contributed by atoms with Crippen molar-refractivity contribution in [3.63, 3.8) is 0 Å². The highest BCUT2D eigenvalue weighted by Gasteiger charge is 2.26. The van der Waals surface area contributed by atoms with Gasteiger partial charge in [-0.1, -0.05) is 0 Å². The third-order valence-corrected chi connectivity index (χ3v) is 6.84. The first kappa shape index (κ1) is 38.6. The Morgan fingerprint density at radius 2 is 1.09 bits per heavy atom. The summed E-state index contributed by atoms with van der Waals surface area (Å²) in [7, 11) is 0. The number of aliphatic hydroxyl groups excluding tert-OH is 2. The lowest BCUT2D eigenvalue weighted by Crippen LogP contribution is -2.41. The van der Waals surface area contributed by atoms with Crippen LogP contribution >= 0.6 is 12.6 Å². The zero-order valence-corrected chi connectivity index (χ0v) is 27.6. The first-order valence-corrected chi connectivity index (χ1v) is 15.7. The highest BCUT2D eigenvalue weighted by atomic mass is 32.1. The molecule has 0 radical (unpaired) electrons. The number of ether oxygens (including phenoxy) is 4. The van der Waals surface area contributed by atoms with Crippen LogP contribution in [-0.2, 0) is 9.47 Å². The smallest absolute Gasteiger partial charge is 0.193 e. The molecule has 0 heterocycles. The molecule has 2 rings (SSSR count). The maximum absolute atomic E-state index is 12.1. The fraction of sp³-hybridized carbons (Fsp3) is 0.576. The van der Waals surface area contributed by atoms with Gasteiger partial charge in [0, 0.05) is 24.2 Å². The Balaban J connectivity index is 1.64. The van der Waals surface area contributed by atoms with Crippen molar-refractivity contribution in [2.75, 3.05) is 65.0 Å². The second-order valence-electron chi connectivity index (χ2n) is 11.8. The highest BCUT2D eigenvalue weighted by Crippen LogP contribution is 2.18. The third kappa shape index (κ3) is 15.1. The second kappa shape index (κ2) is 19.2. The van der Waals surface area contributed by atoms with Crippen molar-refractivity contribution in [2.24, 2.45) is 0 Å². The number of carbonyl (C=O) groups is 2. The number of carbonyl (C=O) groups excluding carboxylic acids is 2. The van der Waals surface area contributed by atoms with Crippen molar-refractivity contribution in [3.05, 3.63) is 59.7 Å². The number of thiol groups is 1. The molecule has 2 unspecified atom stereocenters. The summed E-state index contributed by atoms with van der Waals surface area (Å²) in [5.41, 5.74) is -2.10. The minimum absolute atomic E-state index is 0.0938. The van der Waals surface area contributed by atoms with Gasteiger partial charge in [-0.25, -0.2) is 0 Å². The Morgan fingerprint density at radius 3 is 1.42 bits per heavy atom. The Kier molecular flexibility index (Phi) is 16.5. The van der Waals surface area contributed by atoms with E-state index in [-0.39, 0.29) is 51.2 Å². The summed E-state index contributed by atoms with van der Waals surface area (Å²) in [6.07, 6.45) is -0.765. The van der Waals surface area contributed by atoms with Gasteiger partial charge in [-0.2, -0.15) is 12.6 Å². The van der Waals surface area contributed by atoms with Gasteiger partial charge in [0.05, 0.1) is 38.6 Å². The van der Waals surface area contributed by atoms with Gasteiger partial charge in [0.15, 0.2) is 11.6 Å². The molecule has 0 aliphatic rings. The van der Waals surface area contributed by atoms with Crippen molar-refractivity contribution >= 4 is 24.2 Å². The van der Waals surface area contributed by atoms with Gasteiger partial charge < -0.3 is 39.4 Å². The molecule has 0 aliphatic carbocycles. The minimum Gasteiger partial charge on any atom is -0.491 e. The maximum atomic E-state index is 12.1. The molecule has 0 amide bonds. The quantitative estimate of drug-likeness (QED) is 0.0684. The Morgan fingerprint density at radius 1 is 0.711 bits per heavy atom. The summed E-state index contributed by atoms with van der Waals surface area (Å²) in [5.74, 6) is 1.04. The van der Waals surface area contributed by atoms with E-state index in [1.807, 2.05) is 4.90 Å². The minimum atomic E-state index is -1.44. The summed E-state index contributed by atoms with van der Waals surface area (Å²) in [6, 6.07) is 13.0. The van der Waals surface area contributed by atoms with Crippen molar-refractivity contribution in [2.45, 2.75) is 57.5 Å². The van der Waals surface area contributed by atoms with Crippen LogP contribution in [0, 0.1) is 0 Å². The Hall–Kier alpha value is -2.55. The molecule has 2 aromatic carbocycles. The van der Waals surface area contributed by atoms with E-state index < -0.39 is 23.4 Å². The molecule has 0 aromatic heterocycles. The van der Waals surface area contributed by atoms with E-state index in [0.29, 0.717) is 48.0 Å². The normalized spacial score (nSPS) is 13.5. The average Bonchev–Trinajstić information content (AvgIpc) is 2.98. The van der Waals surface area contributed by atoms with E-state index in [1.165, 1.54) is 27.7 Å². The van der Waals surface area contributed by atoms with E-state index in [1.54, 1.807) is 48.5 Å². The number of nitrogens with zero attached hydrogens (tertiary/aromatic N) is 1. The molecule has 2 atom stereocenters. The summed E-state index contributed by atoms with van der Waals surface area (Å²) in [5, 5.41) is 40.7. The van der Waals surface area contributed by atoms with E-state index in [2.05, 4.69) is 12.6 Å². The molecule has 11 nitrogen and oxygen atoms in total. The summed E-state index contributed by atoms with van der Waals surface area (Å²) >= 11 is 4.27. The first-order chi connectivity index (χ1) is 21.2. The zero-order chi connectivity index (χ0) is 33.5. The number of benzene rings is 2. The predicted octanol–water partition coefficient (Wildman–Crippen LogP) is 2.43. The number of hydrogen-bond donors (Lipinski definition) is 5. The van der Waals surface area contributed by atoms with Gasteiger partial charge in [-0.15, -0.1) is 0 Å². The molecule has 0 spiro atoms. The number of hydrogen-bond acceptors (Lipinski definition) is 12. The van der Waals surface area contributed by atoms with Gasteiger partial charge in [-0.3, -0.25) is 14.5 Å². The van der Waals surface area contributed by atoms with Crippen molar-refractivity contribution in [1.82, 2.24) is 4.90 Å². The van der Waals surface area contributed by atoms with Crippen molar-refractivity contribution in [3.8, 4) is 11.5 Å². The monoisotopic (exact) mass is 651 g/mol. The highest BCUT2D eigenvalue weighted by molar-refractivity contribution is 7.80. The van der Waals surface area contributed by atoms with Crippen LogP contribution in [0.4, 0.5) is 0 Å². The van der Waals surface area contributed by atoms with Gasteiger partial charge >= 0.3 is 0 Å². The average molecular weight is 652 g/mol. The molecular weight excluding hydrogens is 602 g/mol. The number of Topliss-reactive ketones (excluding diaryl/α,β-unsaturated/α-hetero) is 2. The van der Waals surface area contributed by atoms with Crippen molar-refractivity contribution < 1.29 is 49.0 Å². The maximum Gasteiger partial charge on any atom is 0.193 e. The molecule has 252 valence electrons. The summed E-state index contributed by atoms with van der Waals surface area (Å²) < 4.78 is 22.4. The van der Waals surface area contributed by atoms with E-state index in [0.717, 1.165) is 6.42 Å². The van der Waals surface area contributed by atoms with Gasteiger partial charge in [0.25, 0.3) is 0 Å². The van der Waals surface area contributed by atoms with Gasteiger partial charge in [0.1, 0.15) is 35.9 Å². The van der Waals surface area contributed by atoms with Crippen LogP contribution < -0.4 is 9.47 Å². The first-order valence-electron chi connectivity index (χ1n) is 15.1. The lowest BCUT2D eigenvalue weighted by Gasteiger charge is -2.27. The molecule has 4 N–H and O–H groups in total. The Bertz CT molecular complexity index is 1060. The van der Waals surface area contributed by atoms with Crippen LogP contribution in [-0.4, -0.2) is 125 Å². The molecule has 45 heavy (non-hydrogen) atoms. The van der Waals surface area contributed by atoms with Crippen LogP contribution in [0.15, 0.2) is 48.5 Å². The molecule has 0 saturated heterocycles. The largest absolute Gasteiger partial charge is 0.491 e. The fourth-order valence-electron chi connectivity index (χ4n) is 4.24. The fourth-order valence-corrected chi connectivity index (χ4v) is 4.38. The summed E-state index contributed by atoms with van der Waals surface area (Å²) in [4.78, 5) is 26.2. The van der Waals surface area contributed by atoms with E-state index in [9.17, 15) is 30.0 Å². The molecule has 0 saturated carbocycles. The summed E-state index contributed by atoms with van der Waals surface area (Å²) in [6.45, 7) is 8.20. The topological polar surface area (TPSA) is 155 Å². The number of rotatable bonds is 23. The molecule has 0 fully saturated rings. The van der Waals surface area contributed by atoms with Crippen LogP contribution in [0.2, 0.25) is 0 Å². The lowest BCUT2D eigenvalue weighted by atomic mass is 9.97. The molecule has 0 aliphatic heterocycles. The standard InChI is InChI=1S/C33H49NO10S/c1-32(2,39)30(37)24-6-10-28(11-7-24)43-17-15-41-22-26(35)20-34(14-5-19-45)21-27(36)23-42-16-18-44-29-12-8-25(9-13-29)31(38)33(3,4)40/h6-13,26-27,35-36,39-40,45H,5,14-23H2,1-4H3. The van der Waals surface area contributed by atoms with Gasteiger partial charge in [0.2, 0.25) is 0 Å².